The molecule has 2 amide bonds. The zero-order valence-electron chi connectivity index (χ0n) is 13.2. The van der Waals surface area contributed by atoms with Gasteiger partial charge in [0.05, 0.1) is 10.6 Å². The van der Waals surface area contributed by atoms with Gasteiger partial charge in [-0.1, -0.05) is 35.3 Å². The molecule has 1 heterocycles. The number of hydrogen-bond donors (Lipinski definition) is 0. The lowest BCUT2D eigenvalue weighted by Crippen LogP contribution is -2.42. The molecule has 0 saturated carbocycles. The van der Waals surface area contributed by atoms with Gasteiger partial charge < -0.3 is 4.90 Å². The number of halogens is 3. The summed E-state index contributed by atoms with van der Waals surface area (Å²) in [6.07, 6.45) is 1.18. The Morgan fingerprint density at radius 3 is 2.60 bits per heavy atom. The summed E-state index contributed by atoms with van der Waals surface area (Å²) in [5.41, 5.74) is 0.243. The normalized spacial score (nSPS) is 14.0. The Morgan fingerprint density at radius 2 is 1.96 bits per heavy atom. The Morgan fingerprint density at radius 1 is 1.20 bits per heavy atom. The molecule has 0 atom stereocenters. The first-order valence-corrected chi connectivity index (χ1v) is 8.52. The molecule has 1 aliphatic heterocycles. The number of benzene rings is 2. The lowest BCUT2D eigenvalue weighted by molar-refractivity contribution is -0.127. The molecule has 130 valence electrons. The minimum Gasteiger partial charge on any atom is -0.324 e. The maximum absolute atomic E-state index is 14.2. The van der Waals surface area contributed by atoms with Crippen LogP contribution in [0.15, 0.2) is 42.5 Å². The summed E-state index contributed by atoms with van der Waals surface area (Å²) < 4.78 is 14.2. The fourth-order valence-electron chi connectivity index (χ4n) is 2.77. The van der Waals surface area contributed by atoms with Crippen LogP contribution in [0.1, 0.15) is 23.2 Å². The highest BCUT2D eigenvalue weighted by atomic mass is 35.5. The molecule has 2 aromatic carbocycles. The van der Waals surface area contributed by atoms with Crippen molar-refractivity contribution in [1.82, 2.24) is 4.90 Å². The van der Waals surface area contributed by atoms with Gasteiger partial charge in [0.15, 0.2) is 0 Å². The van der Waals surface area contributed by atoms with Gasteiger partial charge in [-0.25, -0.2) is 4.39 Å². The summed E-state index contributed by atoms with van der Waals surface area (Å²) in [5.74, 6) is -1.37. The second kappa shape index (κ2) is 7.42. The van der Waals surface area contributed by atoms with Crippen LogP contribution in [0, 0.1) is 5.82 Å². The van der Waals surface area contributed by atoms with Gasteiger partial charge in [-0.3, -0.25) is 14.5 Å². The fraction of sp³-hybridized carbons (Fsp3) is 0.222. The van der Waals surface area contributed by atoms with E-state index < -0.39 is 11.7 Å². The lowest BCUT2D eigenvalue weighted by atomic mass is 10.1. The van der Waals surface area contributed by atoms with Crippen LogP contribution < -0.4 is 4.90 Å². The largest absolute Gasteiger partial charge is 0.324 e. The second-order valence-electron chi connectivity index (χ2n) is 5.71. The third-order valence-electron chi connectivity index (χ3n) is 4.03. The quantitative estimate of drug-likeness (QED) is 0.790. The van der Waals surface area contributed by atoms with Crippen LogP contribution in [0.25, 0.3) is 0 Å². The molecule has 1 aliphatic rings. The van der Waals surface area contributed by atoms with Crippen LogP contribution in [0.4, 0.5) is 10.1 Å². The van der Waals surface area contributed by atoms with Crippen molar-refractivity contribution in [3.63, 3.8) is 0 Å². The van der Waals surface area contributed by atoms with E-state index in [4.69, 9.17) is 23.2 Å². The van der Waals surface area contributed by atoms with Crippen molar-refractivity contribution in [3.05, 3.63) is 63.9 Å². The topological polar surface area (TPSA) is 40.6 Å². The molecule has 0 bridgehead atoms. The average Bonchev–Trinajstić information content (AvgIpc) is 2.97. The van der Waals surface area contributed by atoms with Crippen LogP contribution in [-0.4, -0.2) is 29.9 Å². The molecule has 1 fully saturated rings. The maximum atomic E-state index is 14.2. The van der Waals surface area contributed by atoms with Gasteiger partial charge in [-0.2, -0.15) is 0 Å². The Labute approximate surface area is 154 Å². The highest BCUT2D eigenvalue weighted by Gasteiger charge is 2.28. The van der Waals surface area contributed by atoms with Gasteiger partial charge in [0.25, 0.3) is 5.91 Å². The van der Waals surface area contributed by atoms with E-state index in [1.807, 2.05) is 0 Å². The molecule has 0 N–H and O–H groups in total. The Kier molecular flexibility index (Phi) is 5.25. The number of amides is 2. The van der Waals surface area contributed by atoms with Gasteiger partial charge in [0, 0.05) is 23.7 Å². The molecule has 0 radical (unpaired) electrons. The Bertz CT molecular complexity index is 808. The third-order valence-corrected chi connectivity index (χ3v) is 4.58. The summed E-state index contributed by atoms with van der Waals surface area (Å²) in [6.45, 7) is 0.566. The number of anilines is 1. The number of carbonyl (C=O) groups excluding carboxylic acids is 2. The SMILES string of the molecule is O=C1CCCN1CN(C(=O)c1c(F)cccc1Cl)c1cccc(Cl)c1. The molecule has 0 aliphatic carbocycles. The smallest absolute Gasteiger partial charge is 0.264 e. The second-order valence-corrected chi connectivity index (χ2v) is 6.56. The zero-order chi connectivity index (χ0) is 18.0. The zero-order valence-corrected chi connectivity index (χ0v) is 14.7. The van der Waals surface area contributed by atoms with Crippen molar-refractivity contribution in [2.24, 2.45) is 0 Å². The van der Waals surface area contributed by atoms with Crippen molar-refractivity contribution in [3.8, 4) is 0 Å². The monoisotopic (exact) mass is 380 g/mol. The number of nitrogens with zero attached hydrogens (tertiary/aromatic N) is 2. The van der Waals surface area contributed by atoms with Crippen LogP contribution in [0.3, 0.4) is 0 Å². The van der Waals surface area contributed by atoms with E-state index in [0.717, 1.165) is 6.42 Å². The van der Waals surface area contributed by atoms with Crippen molar-refractivity contribution >= 4 is 40.7 Å². The number of rotatable bonds is 4. The van der Waals surface area contributed by atoms with E-state index >= 15 is 0 Å². The van der Waals surface area contributed by atoms with Crippen LogP contribution in [0.2, 0.25) is 10.0 Å². The van der Waals surface area contributed by atoms with Gasteiger partial charge in [0.1, 0.15) is 12.5 Å². The van der Waals surface area contributed by atoms with Crippen LogP contribution >= 0.6 is 23.2 Å². The standard InChI is InChI=1S/C18H15Cl2FN2O2/c19-12-4-1-5-13(10-12)23(11-22-9-3-8-16(22)24)18(25)17-14(20)6-2-7-15(17)21/h1-2,4-7,10H,3,8-9,11H2. The van der Waals surface area contributed by atoms with E-state index in [2.05, 4.69) is 0 Å². The molecule has 0 spiro atoms. The van der Waals surface area contributed by atoms with Crippen molar-refractivity contribution in [2.75, 3.05) is 18.1 Å². The number of carbonyl (C=O) groups is 2. The highest BCUT2D eigenvalue weighted by molar-refractivity contribution is 6.34. The molecule has 1 saturated heterocycles. The predicted molar refractivity (Wildman–Crippen MR) is 95.5 cm³/mol. The lowest BCUT2D eigenvalue weighted by Gasteiger charge is -2.28. The van der Waals surface area contributed by atoms with Crippen molar-refractivity contribution in [2.45, 2.75) is 12.8 Å². The van der Waals surface area contributed by atoms with E-state index in [1.165, 1.54) is 23.1 Å². The summed E-state index contributed by atoms with van der Waals surface area (Å²) in [4.78, 5) is 27.9. The molecular weight excluding hydrogens is 366 g/mol. The van der Waals surface area contributed by atoms with E-state index in [1.54, 1.807) is 29.2 Å². The van der Waals surface area contributed by atoms with Gasteiger partial charge >= 0.3 is 0 Å². The van der Waals surface area contributed by atoms with E-state index in [0.29, 0.717) is 23.7 Å². The van der Waals surface area contributed by atoms with Crippen LogP contribution in [-0.2, 0) is 4.79 Å². The molecule has 4 nitrogen and oxygen atoms in total. The minimum atomic E-state index is -0.711. The first-order chi connectivity index (χ1) is 12.0. The summed E-state index contributed by atoms with van der Waals surface area (Å²) >= 11 is 12.1. The van der Waals surface area contributed by atoms with Crippen molar-refractivity contribution in [1.29, 1.82) is 0 Å². The van der Waals surface area contributed by atoms with Gasteiger partial charge in [0.2, 0.25) is 5.91 Å². The highest BCUT2D eigenvalue weighted by Crippen LogP contribution is 2.27. The molecule has 2 aromatic rings. The summed E-state index contributed by atoms with van der Waals surface area (Å²) in [5, 5.41) is 0.451. The number of hydrogen-bond acceptors (Lipinski definition) is 2. The minimum absolute atomic E-state index is 0.0165. The third kappa shape index (κ3) is 3.78. The number of likely N-dealkylation sites (tertiary alicyclic amines) is 1. The Hall–Kier alpha value is -2.11. The van der Waals surface area contributed by atoms with E-state index in [9.17, 15) is 14.0 Å². The average molecular weight is 381 g/mol. The predicted octanol–water partition coefficient (Wildman–Crippen LogP) is 4.36. The molecule has 7 heteroatoms. The first kappa shape index (κ1) is 17.7. The molecule has 0 aromatic heterocycles. The molecular formula is C18H15Cl2FN2O2. The van der Waals surface area contributed by atoms with Gasteiger partial charge in [-0.05, 0) is 36.8 Å². The molecule has 0 unspecified atom stereocenters. The summed E-state index contributed by atoms with van der Waals surface area (Å²) in [7, 11) is 0. The molecule has 25 heavy (non-hydrogen) atoms. The first-order valence-electron chi connectivity index (χ1n) is 7.76. The van der Waals surface area contributed by atoms with Crippen molar-refractivity contribution < 1.29 is 14.0 Å². The Balaban J connectivity index is 2.01. The van der Waals surface area contributed by atoms with Gasteiger partial charge in [-0.15, -0.1) is 0 Å². The summed E-state index contributed by atoms with van der Waals surface area (Å²) in [6, 6.07) is 10.7. The van der Waals surface area contributed by atoms with E-state index in [-0.39, 0.29) is 23.2 Å². The van der Waals surface area contributed by atoms with Crippen LogP contribution in [0.5, 0.6) is 0 Å². The maximum Gasteiger partial charge on any atom is 0.264 e. The molecule has 3 rings (SSSR count). The fourth-order valence-corrected chi connectivity index (χ4v) is 3.20.